The van der Waals surface area contributed by atoms with Crippen LogP contribution >= 0.6 is 31.9 Å². The van der Waals surface area contributed by atoms with E-state index in [2.05, 4.69) is 42.5 Å². The summed E-state index contributed by atoms with van der Waals surface area (Å²) in [4.78, 5) is 11.9. The number of carbonyl (C=O) groups is 1. The number of benzene rings is 2. The first kappa shape index (κ1) is 15.9. The van der Waals surface area contributed by atoms with E-state index in [0.717, 1.165) is 26.1 Å². The lowest BCUT2D eigenvalue weighted by molar-refractivity contribution is -0.114. The number of methoxy groups -OCH3 is 1. The van der Waals surface area contributed by atoms with Gasteiger partial charge in [0.05, 0.1) is 19.3 Å². The Morgan fingerprint density at radius 2 is 1.71 bits per heavy atom. The van der Waals surface area contributed by atoms with Crippen LogP contribution in [0.1, 0.15) is 0 Å². The lowest BCUT2D eigenvalue weighted by Crippen LogP contribution is -2.22. The second-order valence-corrected chi connectivity index (χ2v) is 5.94. The molecule has 2 aromatic rings. The van der Waals surface area contributed by atoms with Crippen LogP contribution < -0.4 is 15.4 Å². The summed E-state index contributed by atoms with van der Waals surface area (Å²) in [7, 11) is 1.60. The molecule has 2 aromatic carbocycles. The van der Waals surface area contributed by atoms with Crippen molar-refractivity contribution in [2.24, 2.45) is 0 Å². The molecule has 0 saturated carbocycles. The maximum atomic E-state index is 11.9. The molecule has 2 rings (SSSR count). The van der Waals surface area contributed by atoms with Gasteiger partial charge >= 0.3 is 0 Å². The zero-order valence-electron chi connectivity index (χ0n) is 11.3. The Morgan fingerprint density at radius 3 is 2.29 bits per heavy atom. The molecule has 0 aliphatic heterocycles. The number of carbonyl (C=O) groups excluding carboxylic acids is 1. The van der Waals surface area contributed by atoms with Crippen LogP contribution in [0.4, 0.5) is 11.4 Å². The number of hydrogen-bond donors (Lipinski definition) is 2. The molecule has 0 aromatic heterocycles. The van der Waals surface area contributed by atoms with Gasteiger partial charge in [0.15, 0.2) is 0 Å². The van der Waals surface area contributed by atoms with E-state index in [-0.39, 0.29) is 12.5 Å². The van der Waals surface area contributed by atoms with Gasteiger partial charge in [-0.3, -0.25) is 4.79 Å². The standard InChI is InChI=1S/C15H14Br2N2O2/c1-21-11-7-5-10(6-8-11)19-14(20)9-18-15-12(16)3-2-4-13(15)17/h2-8,18H,9H2,1H3,(H,19,20). The Labute approximate surface area is 140 Å². The predicted octanol–water partition coefficient (Wildman–Crippen LogP) is 4.27. The highest BCUT2D eigenvalue weighted by molar-refractivity contribution is 9.11. The molecule has 0 aliphatic carbocycles. The fourth-order valence-electron chi connectivity index (χ4n) is 1.71. The second kappa shape index (κ2) is 7.47. The van der Waals surface area contributed by atoms with Crippen molar-refractivity contribution in [3.63, 3.8) is 0 Å². The van der Waals surface area contributed by atoms with Crippen molar-refractivity contribution in [1.29, 1.82) is 0 Å². The summed E-state index contributed by atoms with van der Waals surface area (Å²) in [5.74, 6) is 0.631. The summed E-state index contributed by atoms with van der Waals surface area (Å²) in [5.41, 5.74) is 1.58. The number of rotatable bonds is 5. The van der Waals surface area contributed by atoms with E-state index in [9.17, 15) is 4.79 Å². The number of hydrogen-bond acceptors (Lipinski definition) is 3. The van der Waals surface area contributed by atoms with Gasteiger partial charge in [-0.25, -0.2) is 0 Å². The van der Waals surface area contributed by atoms with Crippen molar-refractivity contribution < 1.29 is 9.53 Å². The highest BCUT2D eigenvalue weighted by atomic mass is 79.9. The molecule has 2 N–H and O–H groups in total. The quantitative estimate of drug-likeness (QED) is 0.769. The summed E-state index contributed by atoms with van der Waals surface area (Å²) in [6.45, 7) is 0.174. The topological polar surface area (TPSA) is 50.4 Å². The van der Waals surface area contributed by atoms with Crippen molar-refractivity contribution in [1.82, 2.24) is 0 Å². The fourth-order valence-corrected chi connectivity index (χ4v) is 2.99. The van der Waals surface area contributed by atoms with Gasteiger partial charge in [-0.05, 0) is 68.3 Å². The van der Waals surface area contributed by atoms with E-state index in [4.69, 9.17) is 4.74 Å². The summed E-state index contributed by atoms with van der Waals surface area (Å²) in [6.07, 6.45) is 0. The third-order valence-electron chi connectivity index (χ3n) is 2.76. The minimum atomic E-state index is -0.122. The number of para-hydroxylation sites is 1. The van der Waals surface area contributed by atoms with Crippen LogP contribution in [-0.4, -0.2) is 19.6 Å². The van der Waals surface area contributed by atoms with Crippen LogP contribution in [0.25, 0.3) is 0 Å². The van der Waals surface area contributed by atoms with E-state index >= 15 is 0 Å². The number of halogens is 2. The van der Waals surface area contributed by atoms with E-state index in [0.29, 0.717) is 0 Å². The van der Waals surface area contributed by atoms with E-state index < -0.39 is 0 Å². The Kier molecular flexibility index (Phi) is 5.64. The maximum absolute atomic E-state index is 11.9. The van der Waals surface area contributed by atoms with Gasteiger partial charge in [-0.1, -0.05) is 6.07 Å². The lowest BCUT2D eigenvalue weighted by Gasteiger charge is -2.11. The average molecular weight is 414 g/mol. The molecular weight excluding hydrogens is 400 g/mol. The van der Waals surface area contributed by atoms with Crippen molar-refractivity contribution in [3.8, 4) is 5.75 Å². The van der Waals surface area contributed by atoms with Gasteiger partial charge in [0.25, 0.3) is 0 Å². The smallest absolute Gasteiger partial charge is 0.243 e. The molecule has 1 amide bonds. The molecule has 0 saturated heterocycles. The van der Waals surface area contributed by atoms with Gasteiger partial charge in [0.2, 0.25) is 5.91 Å². The minimum Gasteiger partial charge on any atom is -0.497 e. The summed E-state index contributed by atoms with van der Waals surface area (Å²) < 4.78 is 6.87. The summed E-state index contributed by atoms with van der Waals surface area (Å²) >= 11 is 6.88. The third-order valence-corrected chi connectivity index (χ3v) is 4.08. The average Bonchev–Trinajstić information content (AvgIpc) is 2.47. The van der Waals surface area contributed by atoms with Gasteiger partial charge in [-0.15, -0.1) is 0 Å². The van der Waals surface area contributed by atoms with Gasteiger partial charge in [0, 0.05) is 14.6 Å². The predicted molar refractivity (Wildman–Crippen MR) is 92.0 cm³/mol. The third kappa shape index (κ3) is 4.47. The van der Waals surface area contributed by atoms with E-state index in [1.165, 1.54) is 0 Å². The molecule has 0 aliphatic rings. The van der Waals surface area contributed by atoms with Crippen LogP contribution in [-0.2, 0) is 4.79 Å². The van der Waals surface area contributed by atoms with Gasteiger partial charge in [0.1, 0.15) is 5.75 Å². The normalized spacial score (nSPS) is 10.0. The van der Waals surface area contributed by atoms with Gasteiger partial charge in [-0.2, -0.15) is 0 Å². The van der Waals surface area contributed by atoms with Crippen molar-refractivity contribution >= 4 is 49.1 Å². The maximum Gasteiger partial charge on any atom is 0.243 e. The minimum absolute atomic E-state index is 0.122. The summed E-state index contributed by atoms with van der Waals surface area (Å²) in [5, 5.41) is 5.91. The van der Waals surface area contributed by atoms with Crippen molar-refractivity contribution in [3.05, 3.63) is 51.4 Å². The SMILES string of the molecule is COc1ccc(NC(=O)CNc2c(Br)cccc2Br)cc1. The van der Waals surface area contributed by atoms with Crippen LogP contribution in [0, 0.1) is 0 Å². The molecular formula is C15H14Br2N2O2. The zero-order chi connectivity index (χ0) is 15.2. The molecule has 0 heterocycles. The molecule has 0 spiro atoms. The first-order chi connectivity index (χ1) is 10.1. The number of anilines is 2. The van der Waals surface area contributed by atoms with E-state index in [1.54, 1.807) is 31.4 Å². The van der Waals surface area contributed by atoms with Crippen LogP contribution in [0.15, 0.2) is 51.4 Å². The Morgan fingerprint density at radius 1 is 1.10 bits per heavy atom. The molecule has 6 heteroatoms. The van der Waals surface area contributed by atoms with Crippen LogP contribution in [0.2, 0.25) is 0 Å². The Bertz CT molecular complexity index is 610. The number of nitrogens with one attached hydrogen (secondary N) is 2. The van der Waals surface area contributed by atoms with Crippen molar-refractivity contribution in [2.45, 2.75) is 0 Å². The monoisotopic (exact) mass is 412 g/mol. The van der Waals surface area contributed by atoms with Crippen LogP contribution in [0.3, 0.4) is 0 Å². The molecule has 4 nitrogen and oxygen atoms in total. The Hall–Kier alpha value is -1.53. The molecule has 0 unspecified atom stereocenters. The lowest BCUT2D eigenvalue weighted by atomic mass is 10.3. The summed E-state index contributed by atoms with van der Waals surface area (Å²) in [6, 6.07) is 12.9. The zero-order valence-corrected chi connectivity index (χ0v) is 14.5. The first-order valence-electron chi connectivity index (χ1n) is 6.22. The number of amides is 1. The second-order valence-electron chi connectivity index (χ2n) is 4.23. The molecule has 0 radical (unpaired) electrons. The van der Waals surface area contributed by atoms with Gasteiger partial charge < -0.3 is 15.4 Å². The molecule has 0 atom stereocenters. The highest BCUT2D eigenvalue weighted by Gasteiger charge is 2.07. The van der Waals surface area contributed by atoms with Crippen molar-refractivity contribution in [2.75, 3.05) is 24.3 Å². The fraction of sp³-hybridized carbons (Fsp3) is 0.133. The largest absolute Gasteiger partial charge is 0.497 e. The van der Waals surface area contributed by atoms with Crippen LogP contribution in [0.5, 0.6) is 5.75 Å². The molecule has 21 heavy (non-hydrogen) atoms. The highest BCUT2D eigenvalue weighted by Crippen LogP contribution is 2.30. The molecule has 0 bridgehead atoms. The number of ether oxygens (including phenoxy) is 1. The van der Waals surface area contributed by atoms with E-state index in [1.807, 2.05) is 18.2 Å². The molecule has 0 fully saturated rings. The Balaban J connectivity index is 1.92. The molecule has 110 valence electrons. The first-order valence-corrected chi connectivity index (χ1v) is 7.80.